The van der Waals surface area contributed by atoms with Crippen LogP contribution in [-0.4, -0.2) is 38.0 Å². The van der Waals surface area contributed by atoms with E-state index in [2.05, 4.69) is 5.32 Å². The van der Waals surface area contributed by atoms with Crippen molar-refractivity contribution < 1.29 is 13.2 Å². The number of hydrogen-bond acceptors (Lipinski definition) is 3. The summed E-state index contributed by atoms with van der Waals surface area (Å²) in [6.07, 6.45) is 2.81. The first-order valence-electron chi connectivity index (χ1n) is 8.25. The Morgan fingerprint density at radius 3 is 2.08 bits per heavy atom. The van der Waals surface area contributed by atoms with Crippen LogP contribution in [0.4, 0.5) is 0 Å². The molecule has 6 heteroatoms. The molecule has 1 amide bonds. The largest absolute Gasteiger partial charge is 0.355 e. The van der Waals surface area contributed by atoms with Gasteiger partial charge in [0, 0.05) is 13.1 Å². The highest BCUT2D eigenvalue weighted by molar-refractivity contribution is 7.88. The number of carbonyl (C=O) groups excluding carboxylic acids is 1. The maximum atomic E-state index is 12.1. The lowest BCUT2D eigenvalue weighted by Gasteiger charge is -2.19. The molecule has 0 aliphatic heterocycles. The molecular weight excluding hydrogens is 336 g/mol. The van der Waals surface area contributed by atoms with Gasteiger partial charge in [0.1, 0.15) is 0 Å². The van der Waals surface area contributed by atoms with E-state index < -0.39 is 10.0 Å². The van der Waals surface area contributed by atoms with E-state index in [1.807, 2.05) is 60.7 Å². The molecule has 25 heavy (non-hydrogen) atoms. The van der Waals surface area contributed by atoms with Crippen molar-refractivity contribution in [1.82, 2.24) is 9.62 Å². The van der Waals surface area contributed by atoms with Crippen LogP contribution in [0.25, 0.3) is 0 Å². The van der Waals surface area contributed by atoms with Gasteiger partial charge in [-0.1, -0.05) is 60.7 Å². The van der Waals surface area contributed by atoms with E-state index >= 15 is 0 Å². The number of rotatable bonds is 9. The van der Waals surface area contributed by atoms with Gasteiger partial charge in [0.2, 0.25) is 15.9 Å². The summed E-state index contributed by atoms with van der Waals surface area (Å²) in [5, 5.41) is 2.80. The average Bonchev–Trinajstić information content (AvgIpc) is 2.59. The van der Waals surface area contributed by atoms with Gasteiger partial charge in [-0.25, -0.2) is 8.42 Å². The fourth-order valence-electron chi connectivity index (χ4n) is 2.46. The predicted molar refractivity (Wildman–Crippen MR) is 99.5 cm³/mol. The van der Waals surface area contributed by atoms with Crippen LogP contribution in [-0.2, 0) is 27.8 Å². The maximum Gasteiger partial charge on any atom is 0.235 e. The van der Waals surface area contributed by atoms with Crippen molar-refractivity contribution in [3.8, 4) is 0 Å². The van der Waals surface area contributed by atoms with E-state index in [0.717, 1.165) is 24.7 Å². The third-order valence-corrected chi connectivity index (χ3v) is 4.99. The van der Waals surface area contributed by atoms with Crippen molar-refractivity contribution in [3.05, 3.63) is 71.8 Å². The van der Waals surface area contributed by atoms with Crippen molar-refractivity contribution >= 4 is 15.9 Å². The molecule has 0 bridgehead atoms. The van der Waals surface area contributed by atoms with Gasteiger partial charge in [0.25, 0.3) is 0 Å². The van der Waals surface area contributed by atoms with Crippen LogP contribution >= 0.6 is 0 Å². The minimum absolute atomic E-state index is 0.168. The standard InChI is InChI=1S/C19H24N2O3S/c1-25(23,24)21(15-18-11-6-3-7-12-18)16-19(22)20-14-8-13-17-9-4-2-5-10-17/h2-7,9-12H,8,13-16H2,1H3,(H,20,22). The predicted octanol–water partition coefficient (Wildman–Crippen LogP) is 2.20. The number of hydrogen-bond donors (Lipinski definition) is 1. The number of carbonyl (C=O) groups is 1. The summed E-state index contributed by atoms with van der Waals surface area (Å²) in [5.74, 6) is -0.283. The SMILES string of the molecule is CS(=O)(=O)N(CC(=O)NCCCc1ccccc1)Cc1ccccc1. The van der Waals surface area contributed by atoms with Crippen LogP contribution in [0.3, 0.4) is 0 Å². The smallest absolute Gasteiger partial charge is 0.235 e. The lowest BCUT2D eigenvalue weighted by Crippen LogP contribution is -2.40. The van der Waals surface area contributed by atoms with Crippen molar-refractivity contribution in [1.29, 1.82) is 0 Å². The Hall–Kier alpha value is -2.18. The Morgan fingerprint density at radius 2 is 1.52 bits per heavy atom. The molecular formula is C19H24N2O3S. The molecule has 0 fully saturated rings. The number of nitrogens with one attached hydrogen (secondary N) is 1. The van der Waals surface area contributed by atoms with Gasteiger partial charge in [-0.2, -0.15) is 4.31 Å². The maximum absolute atomic E-state index is 12.1. The molecule has 0 saturated heterocycles. The van der Waals surface area contributed by atoms with Gasteiger partial charge in [-0.05, 0) is 24.0 Å². The normalized spacial score (nSPS) is 11.4. The van der Waals surface area contributed by atoms with Crippen molar-refractivity contribution in [2.24, 2.45) is 0 Å². The lowest BCUT2D eigenvalue weighted by molar-refractivity contribution is -0.121. The average molecular weight is 360 g/mol. The van der Waals surface area contributed by atoms with Gasteiger partial charge >= 0.3 is 0 Å². The van der Waals surface area contributed by atoms with Crippen LogP contribution in [0.2, 0.25) is 0 Å². The second-order valence-corrected chi connectivity index (χ2v) is 7.94. The highest BCUT2D eigenvalue weighted by Gasteiger charge is 2.20. The van der Waals surface area contributed by atoms with Crippen LogP contribution in [0.15, 0.2) is 60.7 Å². The minimum atomic E-state index is -3.46. The molecule has 134 valence electrons. The van der Waals surface area contributed by atoms with Crippen molar-refractivity contribution in [2.75, 3.05) is 19.3 Å². The third kappa shape index (κ3) is 7.07. The summed E-state index contributed by atoms with van der Waals surface area (Å²) in [6.45, 7) is 0.548. The summed E-state index contributed by atoms with van der Waals surface area (Å²) in [6, 6.07) is 19.3. The van der Waals surface area contributed by atoms with Crippen LogP contribution in [0.5, 0.6) is 0 Å². The van der Waals surface area contributed by atoms with E-state index in [1.165, 1.54) is 9.87 Å². The first-order valence-corrected chi connectivity index (χ1v) is 10.1. The van der Waals surface area contributed by atoms with Gasteiger partial charge in [0.15, 0.2) is 0 Å². The van der Waals surface area contributed by atoms with Crippen molar-refractivity contribution in [3.63, 3.8) is 0 Å². The lowest BCUT2D eigenvalue weighted by atomic mass is 10.1. The molecule has 5 nitrogen and oxygen atoms in total. The quantitative estimate of drug-likeness (QED) is 0.697. The van der Waals surface area contributed by atoms with E-state index in [0.29, 0.717) is 6.54 Å². The van der Waals surface area contributed by atoms with Gasteiger partial charge in [0.05, 0.1) is 12.8 Å². The summed E-state index contributed by atoms with van der Waals surface area (Å²) >= 11 is 0. The van der Waals surface area contributed by atoms with E-state index in [4.69, 9.17) is 0 Å². The molecule has 0 saturated carbocycles. The molecule has 0 aliphatic rings. The first-order chi connectivity index (χ1) is 11.9. The number of benzene rings is 2. The summed E-state index contributed by atoms with van der Waals surface area (Å²) in [5.41, 5.74) is 2.07. The number of aryl methyl sites for hydroxylation is 1. The summed E-state index contributed by atoms with van der Waals surface area (Å²) < 4.78 is 25.1. The fourth-order valence-corrected chi connectivity index (χ4v) is 3.19. The zero-order chi connectivity index (χ0) is 18.1. The molecule has 0 spiro atoms. The summed E-state index contributed by atoms with van der Waals surface area (Å²) in [7, 11) is -3.46. The molecule has 0 unspecified atom stereocenters. The molecule has 2 rings (SSSR count). The molecule has 0 aliphatic carbocycles. The molecule has 1 N–H and O–H groups in total. The highest BCUT2D eigenvalue weighted by Crippen LogP contribution is 2.08. The van der Waals surface area contributed by atoms with E-state index in [-0.39, 0.29) is 19.0 Å². The Morgan fingerprint density at radius 1 is 0.960 bits per heavy atom. The van der Waals surface area contributed by atoms with Gasteiger partial charge in [-0.15, -0.1) is 0 Å². The molecule has 0 atom stereocenters. The topological polar surface area (TPSA) is 66.5 Å². The molecule has 2 aromatic rings. The molecule has 0 aromatic heterocycles. The van der Waals surface area contributed by atoms with E-state index in [9.17, 15) is 13.2 Å². The second-order valence-electron chi connectivity index (χ2n) is 5.96. The zero-order valence-electron chi connectivity index (χ0n) is 14.4. The molecule has 0 heterocycles. The Bertz CT molecular complexity index is 762. The van der Waals surface area contributed by atoms with Gasteiger partial charge < -0.3 is 5.32 Å². The zero-order valence-corrected chi connectivity index (χ0v) is 15.2. The van der Waals surface area contributed by atoms with Crippen LogP contribution < -0.4 is 5.32 Å². The fraction of sp³-hybridized carbons (Fsp3) is 0.316. The first kappa shape index (κ1) is 19.1. The monoisotopic (exact) mass is 360 g/mol. The number of nitrogens with zero attached hydrogens (tertiary/aromatic N) is 1. The van der Waals surface area contributed by atoms with Crippen molar-refractivity contribution in [2.45, 2.75) is 19.4 Å². The highest BCUT2D eigenvalue weighted by atomic mass is 32.2. The third-order valence-electron chi connectivity index (χ3n) is 3.80. The molecule has 2 aromatic carbocycles. The van der Waals surface area contributed by atoms with E-state index in [1.54, 1.807) is 0 Å². The number of sulfonamides is 1. The van der Waals surface area contributed by atoms with Crippen LogP contribution in [0.1, 0.15) is 17.5 Å². The Kier molecular flexibility index (Phi) is 7.16. The van der Waals surface area contributed by atoms with Crippen LogP contribution in [0, 0.1) is 0 Å². The second kappa shape index (κ2) is 9.34. The Balaban J connectivity index is 1.81. The summed E-state index contributed by atoms with van der Waals surface area (Å²) in [4.78, 5) is 12.1. The Labute approximate surface area is 149 Å². The number of amides is 1. The van der Waals surface area contributed by atoms with Gasteiger partial charge in [-0.3, -0.25) is 4.79 Å². The minimum Gasteiger partial charge on any atom is -0.355 e. The molecule has 0 radical (unpaired) electrons.